The molecule has 0 bridgehead atoms. The Morgan fingerprint density at radius 1 is 0.848 bits per heavy atom. The first kappa shape index (κ1) is 24.4. The minimum absolute atomic E-state index is 0.136. The van der Waals surface area contributed by atoms with Gasteiger partial charge in [0.25, 0.3) is 5.91 Å². The smallest absolute Gasteiger partial charge is 0.251 e. The largest absolute Gasteiger partial charge is 0.493 e. The fourth-order valence-corrected chi connectivity index (χ4v) is 3.88. The number of rotatable bonds is 10. The first-order valence-corrected chi connectivity index (χ1v) is 11.2. The number of methoxy groups -OCH3 is 3. The number of benzene rings is 2. The van der Waals surface area contributed by atoms with Gasteiger partial charge in [0.05, 0.1) is 27.9 Å². The highest BCUT2D eigenvalue weighted by molar-refractivity contribution is 5.97. The van der Waals surface area contributed by atoms with Crippen LogP contribution in [0.5, 0.6) is 17.2 Å². The van der Waals surface area contributed by atoms with Gasteiger partial charge in [0.2, 0.25) is 11.7 Å². The van der Waals surface area contributed by atoms with E-state index in [1.165, 1.54) is 59.2 Å². The molecule has 0 radical (unpaired) electrons. The SMILES string of the molecule is COc1cc(C(=O)NCC(=O)NCc2ccc(CN3CCCCC3)cc2)cc(OC)c1OC. The average molecular weight is 456 g/mol. The van der Waals surface area contributed by atoms with E-state index in [-0.39, 0.29) is 12.5 Å². The van der Waals surface area contributed by atoms with Crippen molar-refractivity contribution in [3.63, 3.8) is 0 Å². The predicted octanol–water partition coefficient (Wildman–Crippen LogP) is 2.74. The summed E-state index contributed by atoms with van der Waals surface area (Å²) in [5.74, 6) is 0.460. The van der Waals surface area contributed by atoms with E-state index in [4.69, 9.17) is 14.2 Å². The Hall–Kier alpha value is -3.26. The molecule has 8 nitrogen and oxygen atoms in total. The molecule has 0 spiro atoms. The van der Waals surface area contributed by atoms with Gasteiger partial charge < -0.3 is 24.8 Å². The second-order valence-corrected chi connectivity index (χ2v) is 8.03. The lowest BCUT2D eigenvalue weighted by Gasteiger charge is -2.26. The van der Waals surface area contributed by atoms with Crippen molar-refractivity contribution in [2.45, 2.75) is 32.4 Å². The van der Waals surface area contributed by atoms with Crippen LogP contribution < -0.4 is 24.8 Å². The molecule has 0 aliphatic carbocycles. The van der Waals surface area contributed by atoms with E-state index < -0.39 is 5.91 Å². The zero-order valence-electron chi connectivity index (χ0n) is 19.6. The third-order valence-electron chi connectivity index (χ3n) is 5.70. The summed E-state index contributed by atoms with van der Waals surface area (Å²) in [5, 5.41) is 5.46. The highest BCUT2D eigenvalue weighted by Crippen LogP contribution is 2.38. The molecule has 2 N–H and O–H groups in total. The van der Waals surface area contributed by atoms with E-state index in [0.717, 1.165) is 12.1 Å². The summed E-state index contributed by atoms with van der Waals surface area (Å²) in [4.78, 5) is 27.2. The van der Waals surface area contributed by atoms with Crippen LogP contribution in [0.4, 0.5) is 0 Å². The molecule has 1 fully saturated rings. The van der Waals surface area contributed by atoms with E-state index >= 15 is 0 Å². The first-order valence-electron chi connectivity index (χ1n) is 11.2. The molecule has 2 aromatic rings. The van der Waals surface area contributed by atoms with Crippen LogP contribution >= 0.6 is 0 Å². The van der Waals surface area contributed by atoms with Gasteiger partial charge in [-0.1, -0.05) is 30.7 Å². The minimum atomic E-state index is -0.411. The van der Waals surface area contributed by atoms with E-state index in [1.807, 2.05) is 12.1 Å². The Morgan fingerprint density at radius 2 is 1.45 bits per heavy atom. The Bertz CT molecular complexity index is 915. The van der Waals surface area contributed by atoms with Crippen molar-refractivity contribution in [3.8, 4) is 17.2 Å². The number of hydrogen-bond acceptors (Lipinski definition) is 6. The van der Waals surface area contributed by atoms with Crippen molar-refractivity contribution in [2.75, 3.05) is 41.0 Å². The van der Waals surface area contributed by atoms with Crippen LogP contribution in [-0.4, -0.2) is 57.7 Å². The van der Waals surface area contributed by atoms with Crippen LogP contribution in [0.2, 0.25) is 0 Å². The van der Waals surface area contributed by atoms with Gasteiger partial charge in [-0.3, -0.25) is 14.5 Å². The van der Waals surface area contributed by atoms with Crippen LogP contribution in [0.15, 0.2) is 36.4 Å². The van der Waals surface area contributed by atoms with Gasteiger partial charge in [0, 0.05) is 18.7 Å². The second-order valence-electron chi connectivity index (χ2n) is 8.03. The fourth-order valence-electron chi connectivity index (χ4n) is 3.88. The molecule has 1 saturated heterocycles. The molecular weight excluding hydrogens is 422 g/mol. The van der Waals surface area contributed by atoms with E-state index in [2.05, 4.69) is 27.7 Å². The molecule has 2 aromatic carbocycles. The van der Waals surface area contributed by atoms with Gasteiger partial charge in [-0.25, -0.2) is 0 Å². The Kier molecular flexibility index (Phi) is 8.95. The van der Waals surface area contributed by atoms with Gasteiger partial charge in [-0.05, 0) is 49.2 Å². The van der Waals surface area contributed by atoms with Crippen molar-refractivity contribution < 1.29 is 23.8 Å². The number of carbonyl (C=O) groups excluding carboxylic acids is 2. The van der Waals surface area contributed by atoms with Crippen LogP contribution in [0.1, 0.15) is 40.7 Å². The molecular formula is C25H33N3O5. The van der Waals surface area contributed by atoms with E-state index in [1.54, 1.807) is 12.1 Å². The van der Waals surface area contributed by atoms with Gasteiger partial charge in [0.15, 0.2) is 11.5 Å². The molecule has 3 rings (SSSR count). The summed E-state index contributed by atoms with van der Waals surface area (Å²) in [7, 11) is 4.45. The zero-order valence-corrected chi connectivity index (χ0v) is 19.6. The Labute approximate surface area is 195 Å². The minimum Gasteiger partial charge on any atom is -0.493 e. The number of ether oxygens (including phenoxy) is 3. The van der Waals surface area contributed by atoms with Crippen molar-refractivity contribution in [2.24, 2.45) is 0 Å². The van der Waals surface area contributed by atoms with Crippen LogP contribution in [0, 0.1) is 0 Å². The number of nitrogens with zero attached hydrogens (tertiary/aromatic N) is 1. The molecule has 8 heteroatoms. The van der Waals surface area contributed by atoms with Crippen LogP contribution in [-0.2, 0) is 17.9 Å². The Morgan fingerprint density at radius 3 is 2.03 bits per heavy atom. The highest BCUT2D eigenvalue weighted by Gasteiger charge is 2.17. The second kappa shape index (κ2) is 12.1. The first-order chi connectivity index (χ1) is 16.0. The number of amides is 2. The Balaban J connectivity index is 1.47. The maximum absolute atomic E-state index is 12.5. The average Bonchev–Trinajstić information content (AvgIpc) is 2.86. The van der Waals surface area contributed by atoms with Crippen molar-refractivity contribution in [3.05, 3.63) is 53.1 Å². The maximum Gasteiger partial charge on any atom is 0.251 e. The molecule has 0 saturated carbocycles. The number of carbonyl (C=O) groups is 2. The summed E-state index contributed by atoms with van der Waals surface area (Å²) in [6, 6.07) is 11.4. The van der Waals surface area contributed by atoms with Gasteiger partial charge in [-0.15, -0.1) is 0 Å². The van der Waals surface area contributed by atoms with Crippen molar-refractivity contribution >= 4 is 11.8 Å². The number of nitrogens with one attached hydrogen (secondary N) is 2. The van der Waals surface area contributed by atoms with Crippen LogP contribution in [0.25, 0.3) is 0 Å². The summed E-state index contributed by atoms with van der Waals surface area (Å²) in [5.41, 5.74) is 2.60. The summed E-state index contributed by atoms with van der Waals surface area (Å²) in [6.07, 6.45) is 3.89. The molecule has 0 unspecified atom stereocenters. The summed E-state index contributed by atoms with van der Waals surface area (Å²) in [6.45, 7) is 3.57. The normalized spacial score (nSPS) is 13.8. The molecule has 0 aromatic heterocycles. The molecule has 33 heavy (non-hydrogen) atoms. The molecule has 1 aliphatic heterocycles. The monoisotopic (exact) mass is 455 g/mol. The third kappa shape index (κ3) is 6.86. The van der Waals surface area contributed by atoms with Crippen molar-refractivity contribution in [1.29, 1.82) is 0 Å². The number of piperidine rings is 1. The molecule has 1 aliphatic rings. The lowest BCUT2D eigenvalue weighted by Crippen LogP contribution is -2.36. The molecule has 178 valence electrons. The predicted molar refractivity (Wildman–Crippen MR) is 126 cm³/mol. The number of hydrogen-bond donors (Lipinski definition) is 2. The molecule has 2 amide bonds. The van der Waals surface area contributed by atoms with Gasteiger partial charge >= 0.3 is 0 Å². The van der Waals surface area contributed by atoms with E-state index in [0.29, 0.717) is 29.4 Å². The van der Waals surface area contributed by atoms with Gasteiger partial charge in [0.1, 0.15) is 0 Å². The summed E-state index contributed by atoms with van der Waals surface area (Å²) < 4.78 is 15.8. The quantitative estimate of drug-likeness (QED) is 0.573. The summed E-state index contributed by atoms with van der Waals surface area (Å²) >= 11 is 0. The highest BCUT2D eigenvalue weighted by atomic mass is 16.5. The van der Waals surface area contributed by atoms with E-state index in [9.17, 15) is 9.59 Å². The molecule has 0 atom stereocenters. The maximum atomic E-state index is 12.5. The van der Waals surface area contributed by atoms with Crippen LogP contribution in [0.3, 0.4) is 0 Å². The number of likely N-dealkylation sites (tertiary alicyclic amines) is 1. The molecule has 1 heterocycles. The zero-order chi connectivity index (χ0) is 23.6. The standard InChI is InChI=1S/C25H33N3O5/c1-31-21-13-20(14-22(32-2)24(21)33-3)25(30)27-16-23(29)26-15-18-7-9-19(10-8-18)17-28-11-5-4-6-12-28/h7-10,13-14H,4-6,11-12,15-17H2,1-3H3,(H,26,29)(H,27,30). The lowest BCUT2D eigenvalue weighted by molar-refractivity contribution is -0.120. The lowest BCUT2D eigenvalue weighted by atomic mass is 10.1. The fraction of sp³-hybridized carbons (Fsp3) is 0.440. The van der Waals surface area contributed by atoms with Gasteiger partial charge in [-0.2, -0.15) is 0 Å². The third-order valence-corrected chi connectivity index (χ3v) is 5.70. The van der Waals surface area contributed by atoms with Crippen molar-refractivity contribution in [1.82, 2.24) is 15.5 Å². The topological polar surface area (TPSA) is 89.1 Å².